The smallest absolute Gasteiger partial charge is 0.217 e. The molecule has 4 nitrogen and oxygen atoms in total. The Hall–Kier alpha value is -0.320. The average Bonchev–Trinajstić information content (AvgIpc) is 2.29. The predicted molar refractivity (Wildman–Crippen MR) is 79.7 cm³/mol. The van der Waals surface area contributed by atoms with Gasteiger partial charge in [-0.05, 0) is 23.8 Å². The third-order valence-electron chi connectivity index (χ3n) is 1.72. The molecule has 0 heterocycles. The molecule has 0 aromatic rings. The van der Waals surface area contributed by atoms with Crippen LogP contribution in [-0.4, -0.2) is 24.0 Å². The van der Waals surface area contributed by atoms with Gasteiger partial charge in [-0.25, -0.2) is 0 Å². The third-order valence-corrected chi connectivity index (χ3v) is 5.95. The van der Waals surface area contributed by atoms with Crippen LogP contribution in [0.3, 0.4) is 0 Å². The summed E-state index contributed by atoms with van der Waals surface area (Å²) >= 11 is 0. The minimum atomic E-state index is -1.66. The van der Waals surface area contributed by atoms with E-state index in [9.17, 15) is 9.36 Å². The number of carbonyl (C=O) groups is 1. The molecule has 0 aliphatic carbocycles. The van der Waals surface area contributed by atoms with Crippen LogP contribution in [-0.2, 0) is 9.36 Å². The topological polar surface area (TPSA) is 86.2 Å². The summed E-state index contributed by atoms with van der Waals surface area (Å²) in [4.78, 5) is 10.5. The molecular formula is C10H19N2O2PS2. The van der Waals surface area contributed by atoms with Crippen molar-refractivity contribution in [3.63, 3.8) is 0 Å². The van der Waals surface area contributed by atoms with Crippen LogP contribution in [0.2, 0.25) is 0 Å². The van der Waals surface area contributed by atoms with E-state index in [2.05, 4.69) is 0 Å². The first kappa shape index (κ1) is 16.7. The van der Waals surface area contributed by atoms with Crippen molar-refractivity contribution in [2.75, 3.05) is 18.1 Å². The zero-order valence-corrected chi connectivity index (χ0v) is 12.5. The first-order chi connectivity index (χ1) is 8.06. The Bertz CT molecular complexity index is 319. The fourth-order valence-electron chi connectivity index (χ4n) is 0.872. The van der Waals surface area contributed by atoms with Crippen molar-refractivity contribution in [2.24, 2.45) is 11.5 Å². The maximum atomic E-state index is 11.5. The van der Waals surface area contributed by atoms with Crippen LogP contribution in [0.15, 0.2) is 23.3 Å². The van der Waals surface area contributed by atoms with E-state index in [0.717, 1.165) is 10.8 Å². The molecule has 0 aliphatic heterocycles. The fourth-order valence-corrected chi connectivity index (χ4v) is 4.82. The van der Waals surface area contributed by atoms with Crippen molar-refractivity contribution in [1.82, 2.24) is 0 Å². The number of nitrogens with two attached hydrogens (primary N) is 2. The summed E-state index contributed by atoms with van der Waals surface area (Å²) < 4.78 is 11.5. The van der Waals surface area contributed by atoms with Gasteiger partial charge in [0.25, 0.3) is 0 Å². The van der Waals surface area contributed by atoms with E-state index in [0.29, 0.717) is 12.3 Å². The van der Waals surface area contributed by atoms with Gasteiger partial charge < -0.3 is 16.0 Å². The molecule has 0 radical (unpaired) electrons. The molecule has 98 valence electrons. The summed E-state index contributed by atoms with van der Waals surface area (Å²) in [6, 6.07) is 0. The zero-order chi connectivity index (χ0) is 13.1. The molecule has 0 spiro atoms. The summed E-state index contributed by atoms with van der Waals surface area (Å²) in [6.07, 6.45) is 6.88. The van der Waals surface area contributed by atoms with E-state index in [1.54, 1.807) is 10.8 Å². The number of allylic oxidation sites excluding steroid dienone is 3. The van der Waals surface area contributed by atoms with Crippen LogP contribution >= 0.6 is 29.4 Å². The van der Waals surface area contributed by atoms with Gasteiger partial charge in [-0.1, -0.05) is 22.9 Å². The molecule has 1 amide bonds. The molecule has 0 rings (SSSR count). The molecule has 0 fully saturated rings. The largest absolute Gasteiger partial charge is 0.393 e. The van der Waals surface area contributed by atoms with Gasteiger partial charge in [0, 0.05) is 24.5 Å². The Morgan fingerprint density at radius 3 is 2.65 bits per heavy atom. The lowest BCUT2D eigenvalue weighted by atomic mass is 10.5. The van der Waals surface area contributed by atoms with Crippen molar-refractivity contribution < 1.29 is 9.36 Å². The quantitative estimate of drug-likeness (QED) is 0.294. The van der Waals surface area contributed by atoms with E-state index in [1.165, 1.54) is 10.8 Å². The molecule has 0 bridgehead atoms. The molecule has 17 heavy (non-hydrogen) atoms. The molecule has 0 saturated heterocycles. The van der Waals surface area contributed by atoms with Crippen molar-refractivity contribution in [2.45, 2.75) is 13.3 Å². The molecule has 0 aliphatic rings. The van der Waals surface area contributed by atoms with Crippen molar-refractivity contribution in [3.8, 4) is 0 Å². The minimum absolute atomic E-state index is 0.221. The second kappa shape index (κ2) is 10.8. The Kier molecular flexibility index (Phi) is 10.6. The lowest BCUT2D eigenvalue weighted by Crippen LogP contribution is -2.11. The molecule has 0 aromatic heterocycles. The van der Waals surface area contributed by atoms with Crippen LogP contribution < -0.4 is 11.5 Å². The van der Waals surface area contributed by atoms with E-state index in [-0.39, 0.29) is 12.3 Å². The molecule has 7 heteroatoms. The highest BCUT2D eigenvalue weighted by Crippen LogP contribution is 2.30. The maximum absolute atomic E-state index is 11.5. The Morgan fingerprint density at radius 1 is 1.35 bits per heavy atom. The first-order valence-corrected chi connectivity index (χ1v) is 9.38. The van der Waals surface area contributed by atoms with Crippen molar-refractivity contribution in [3.05, 3.63) is 23.3 Å². The highest BCUT2D eigenvalue weighted by molar-refractivity contribution is 8.78. The molecule has 1 unspecified atom stereocenters. The Morgan fingerprint density at radius 2 is 2.06 bits per heavy atom. The van der Waals surface area contributed by atoms with Gasteiger partial charge in [0.2, 0.25) is 5.91 Å². The number of rotatable bonds is 9. The van der Waals surface area contributed by atoms with Gasteiger partial charge in [0.05, 0.1) is 12.8 Å². The van der Waals surface area contributed by atoms with Crippen LogP contribution in [0.5, 0.6) is 0 Å². The second-order valence-electron chi connectivity index (χ2n) is 3.26. The standard InChI is InChI=1S/C10H19N2O2PS2/c1-2-3-4-10(12)17-16-8-7-15(14)6-5-9(11)13/h2-4,15H,5-8,12H2,1H3,(H2,11,13)/b3-2-,10-4+. The minimum Gasteiger partial charge on any atom is -0.393 e. The highest BCUT2D eigenvalue weighted by Gasteiger charge is 2.03. The Labute approximate surface area is 111 Å². The van der Waals surface area contributed by atoms with Gasteiger partial charge in [0.1, 0.15) is 0 Å². The maximum Gasteiger partial charge on any atom is 0.217 e. The summed E-state index contributed by atoms with van der Waals surface area (Å²) in [7, 11) is 1.39. The van der Waals surface area contributed by atoms with E-state index < -0.39 is 7.80 Å². The zero-order valence-electron chi connectivity index (χ0n) is 9.85. The lowest BCUT2D eigenvalue weighted by molar-refractivity contribution is -0.117. The predicted octanol–water partition coefficient (Wildman–Crippen LogP) is 2.18. The fraction of sp³-hybridized carbons (Fsp3) is 0.500. The summed E-state index contributed by atoms with van der Waals surface area (Å²) in [5.74, 6) is 0.384. The SMILES string of the molecule is C/C=C\C=C(/N)SSCC[PH](=O)CCC(N)=O. The van der Waals surface area contributed by atoms with E-state index in [1.807, 2.05) is 25.2 Å². The van der Waals surface area contributed by atoms with E-state index >= 15 is 0 Å². The van der Waals surface area contributed by atoms with Crippen molar-refractivity contribution >= 4 is 35.3 Å². The number of hydrogen-bond acceptors (Lipinski definition) is 5. The second-order valence-corrected chi connectivity index (χ2v) is 7.82. The summed E-state index contributed by atoms with van der Waals surface area (Å²) in [5, 5.41) is 0.727. The molecule has 4 N–H and O–H groups in total. The molecule has 0 saturated carbocycles. The summed E-state index contributed by atoms with van der Waals surface area (Å²) in [5.41, 5.74) is 10.7. The van der Waals surface area contributed by atoms with Gasteiger partial charge >= 0.3 is 0 Å². The monoisotopic (exact) mass is 294 g/mol. The lowest BCUT2D eigenvalue weighted by Gasteiger charge is -2.01. The highest BCUT2D eigenvalue weighted by atomic mass is 33.1. The third kappa shape index (κ3) is 11.9. The van der Waals surface area contributed by atoms with Crippen molar-refractivity contribution in [1.29, 1.82) is 0 Å². The Balaban J connectivity index is 3.57. The van der Waals surface area contributed by atoms with Gasteiger partial charge in [0.15, 0.2) is 0 Å². The van der Waals surface area contributed by atoms with Crippen LogP contribution in [0.1, 0.15) is 13.3 Å². The van der Waals surface area contributed by atoms with Gasteiger partial charge in [-0.3, -0.25) is 4.79 Å². The van der Waals surface area contributed by atoms with Crippen LogP contribution in [0.4, 0.5) is 0 Å². The number of carbonyl (C=O) groups excluding carboxylic acids is 1. The summed E-state index contributed by atoms with van der Waals surface area (Å²) in [6.45, 7) is 1.92. The molecule has 1 atom stereocenters. The average molecular weight is 294 g/mol. The van der Waals surface area contributed by atoms with Crippen LogP contribution in [0, 0.1) is 0 Å². The normalized spacial score (nSPS) is 14.1. The van der Waals surface area contributed by atoms with E-state index in [4.69, 9.17) is 11.5 Å². The molecular weight excluding hydrogens is 275 g/mol. The van der Waals surface area contributed by atoms with Gasteiger partial charge in [-0.2, -0.15) is 0 Å². The first-order valence-electron chi connectivity index (χ1n) is 5.24. The van der Waals surface area contributed by atoms with Crippen LogP contribution in [0.25, 0.3) is 0 Å². The number of amides is 1. The molecule has 0 aromatic carbocycles. The number of primary amides is 1. The number of hydrogen-bond donors (Lipinski definition) is 2. The van der Waals surface area contributed by atoms with Gasteiger partial charge in [-0.15, -0.1) is 0 Å².